The molecule has 0 radical (unpaired) electrons. The molecule has 1 aromatic heterocycles. The minimum atomic E-state index is -0.206. The maximum Gasteiger partial charge on any atom is 0.123 e. The highest BCUT2D eigenvalue weighted by Gasteiger charge is 2.07. The van der Waals surface area contributed by atoms with Crippen LogP contribution in [0, 0.1) is 12.7 Å². The molecule has 2 aromatic carbocycles. The standard InChI is InChI=1S/C18H18FN3/c1-13-5-7-15(8-6-13)18-16(12-21-22-18)11-20-10-14-3-2-4-17(19)9-14/h2-9,12,20H,10-11H2,1H3,(H,21,22). The summed E-state index contributed by atoms with van der Waals surface area (Å²) in [7, 11) is 0. The molecule has 0 unspecified atom stereocenters. The fourth-order valence-electron chi connectivity index (χ4n) is 2.40. The van der Waals surface area contributed by atoms with Crippen molar-refractivity contribution < 1.29 is 4.39 Å². The molecule has 3 aromatic rings. The van der Waals surface area contributed by atoms with Gasteiger partial charge in [-0.2, -0.15) is 5.10 Å². The van der Waals surface area contributed by atoms with E-state index in [4.69, 9.17) is 0 Å². The lowest BCUT2D eigenvalue weighted by molar-refractivity contribution is 0.620. The van der Waals surface area contributed by atoms with E-state index in [2.05, 4.69) is 46.7 Å². The van der Waals surface area contributed by atoms with Crippen molar-refractivity contribution in [2.45, 2.75) is 20.0 Å². The Bertz CT molecular complexity index is 747. The quantitative estimate of drug-likeness (QED) is 0.751. The topological polar surface area (TPSA) is 40.7 Å². The molecule has 2 N–H and O–H groups in total. The predicted octanol–water partition coefficient (Wildman–Crippen LogP) is 3.81. The van der Waals surface area contributed by atoms with Crippen molar-refractivity contribution in [1.29, 1.82) is 0 Å². The summed E-state index contributed by atoms with van der Waals surface area (Å²) < 4.78 is 13.1. The van der Waals surface area contributed by atoms with E-state index in [1.807, 2.05) is 12.3 Å². The molecule has 22 heavy (non-hydrogen) atoms. The molecule has 0 spiro atoms. The van der Waals surface area contributed by atoms with E-state index in [1.54, 1.807) is 12.1 Å². The first-order valence-electron chi connectivity index (χ1n) is 7.27. The average Bonchev–Trinajstić information content (AvgIpc) is 2.97. The van der Waals surface area contributed by atoms with Crippen molar-refractivity contribution in [2.75, 3.05) is 0 Å². The third kappa shape index (κ3) is 3.40. The molecule has 0 aliphatic rings. The Morgan fingerprint density at radius 3 is 2.68 bits per heavy atom. The largest absolute Gasteiger partial charge is 0.308 e. The number of aromatic amines is 1. The molecular weight excluding hydrogens is 277 g/mol. The minimum absolute atomic E-state index is 0.206. The Labute approximate surface area is 129 Å². The molecule has 0 bridgehead atoms. The number of hydrogen-bond acceptors (Lipinski definition) is 2. The van der Waals surface area contributed by atoms with Crippen molar-refractivity contribution in [2.24, 2.45) is 0 Å². The van der Waals surface area contributed by atoms with Crippen LogP contribution in [0.2, 0.25) is 0 Å². The number of nitrogens with zero attached hydrogens (tertiary/aromatic N) is 1. The van der Waals surface area contributed by atoms with Gasteiger partial charge >= 0.3 is 0 Å². The molecule has 0 aliphatic carbocycles. The van der Waals surface area contributed by atoms with E-state index in [0.29, 0.717) is 13.1 Å². The van der Waals surface area contributed by atoms with Crippen LogP contribution < -0.4 is 5.32 Å². The van der Waals surface area contributed by atoms with Gasteiger partial charge in [0.2, 0.25) is 0 Å². The lowest BCUT2D eigenvalue weighted by Gasteiger charge is -2.06. The molecule has 0 fully saturated rings. The van der Waals surface area contributed by atoms with Crippen LogP contribution >= 0.6 is 0 Å². The molecule has 4 heteroatoms. The van der Waals surface area contributed by atoms with Crippen molar-refractivity contribution in [3.05, 3.63) is 77.2 Å². The second-order valence-electron chi connectivity index (χ2n) is 5.37. The van der Waals surface area contributed by atoms with Crippen LogP contribution in [-0.2, 0) is 13.1 Å². The Kier molecular flexibility index (Phi) is 4.30. The first kappa shape index (κ1) is 14.5. The molecular formula is C18H18FN3. The maximum atomic E-state index is 13.1. The molecule has 0 aliphatic heterocycles. The summed E-state index contributed by atoms with van der Waals surface area (Å²) in [6, 6.07) is 15.0. The van der Waals surface area contributed by atoms with Gasteiger partial charge in [-0.1, -0.05) is 42.0 Å². The SMILES string of the molecule is Cc1ccc(-c2[nH]ncc2CNCc2cccc(F)c2)cc1. The van der Waals surface area contributed by atoms with Crippen molar-refractivity contribution >= 4 is 0 Å². The predicted molar refractivity (Wildman–Crippen MR) is 85.7 cm³/mol. The zero-order valence-electron chi connectivity index (χ0n) is 12.4. The number of benzene rings is 2. The summed E-state index contributed by atoms with van der Waals surface area (Å²) in [4.78, 5) is 0. The second kappa shape index (κ2) is 6.54. The highest BCUT2D eigenvalue weighted by Crippen LogP contribution is 2.21. The molecule has 3 rings (SSSR count). The zero-order chi connectivity index (χ0) is 15.4. The van der Waals surface area contributed by atoms with Gasteiger partial charge in [-0.05, 0) is 30.2 Å². The van der Waals surface area contributed by atoms with E-state index >= 15 is 0 Å². The smallest absolute Gasteiger partial charge is 0.123 e. The molecule has 112 valence electrons. The van der Waals surface area contributed by atoms with Gasteiger partial charge in [0.25, 0.3) is 0 Å². The Balaban J connectivity index is 1.66. The van der Waals surface area contributed by atoms with Crippen LogP contribution in [0.4, 0.5) is 4.39 Å². The van der Waals surface area contributed by atoms with E-state index in [1.165, 1.54) is 11.6 Å². The van der Waals surface area contributed by atoms with Crippen molar-refractivity contribution in [3.63, 3.8) is 0 Å². The van der Waals surface area contributed by atoms with Crippen LogP contribution in [0.3, 0.4) is 0 Å². The van der Waals surface area contributed by atoms with Crippen LogP contribution in [0.1, 0.15) is 16.7 Å². The first-order valence-corrected chi connectivity index (χ1v) is 7.27. The van der Waals surface area contributed by atoms with Gasteiger partial charge < -0.3 is 5.32 Å². The van der Waals surface area contributed by atoms with Crippen LogP contribution in [-0.4, -0.2) is 10.2 Å². The number of H-pyrrole nitrogens is 1. The molecule has 0 saturated carbocycles. The third-order valence-corrected chi connectivity index (χ3v) is 3.59. The highest BCUT2D eigenvalue weighted by atomic mass is 19.1. The van der Waals surface area contributed by atoms with Gasteiger partial charge in [-0.25, -0.2) is 4.39 Å². The van der Waals surface area contributed by atoms with E-state index in [9.17, 15) is 4.39 Å². The van der Waals surface area contributed by atoms with Gasteiger partial charge in [0.15, 0.2) is 0 Å². The van der Waals surface area contributed by atoms with Gasteiger partial charge in [0.1, 0.15) is 5.82 Å². The summed E-state index contributed by atoms with van der Waals surface area (Å²) in [6.45, 7) is 3.37. The van der Waals surface area contributed by atoms with Gasteiger partial charge in [-0.3, -0.25) is 5.10 Å². The van der Waals surface area contributed by atoms with Gasteiger partial charge in [-0.15, -0.1) is 0 Å². The third-order valence-electron chi connectivity index (χ3n) is 3.59. The summed E-state index contributed by atoms with van der Waals surface area (Å²) in [6.07, 6.45) is 1.83. The maximum absolute atomic E-state index is 13.1. The molecule has 0 atom stereocenters. The summed E-state index contributed by atoms with van der Waals surface area (Å²) in [5.41, 5.74) is 5.40. The number of aromatic nitrogens is 2. The lowest BCUT2D eigenvalue weighted by atomic mass is 10.1. The van der Waals surface area contributed by atoms with E-state index in [-0.39, 0.29) is 5.82 Å². The number of halogens is 1. The summed E-state index contributed by atoms with van der Waals surface area (Å²) in [5, 5.41) is 10.5. The fourth-order valence-corrected chi connectivity index (χ4v) is 2.40. The Morgan fingerprint density at radius 2 is 1.91 bits per heavy atom. The Morgan fingerprint density at radius 1 is 1.09 bits per heavy atom. The number of nitrogens with one attached hydrogen (secondary N) is 2. The minimum Gasteiger partial charge on any atom is -0.308 e. The molecule has 3 nitrogen and oxygen atoms in total. The summed E-state index contributed by atoms with van der Waals surface area (Å²) in [5.74, 6) is -0.206. The van der Waals surface area contributed by atoms with Crippen LogP contribution in [0.5, 0.6) is 0 Å². The van der Waals surface area contributed by atoms with Gasteiger partial charge in [0, 0.05) is 18.7 Å². The van der Waals surface area contributed by atoms with Crippen molar-refractivity contribution in [3.8, 4) is 11.3 Å². The highest BCUT2D eigenvalue weighted by molar-refractivity contribution is 5.62. The fraction of sp³-hybridized carbons (Fsp3) is 0.167. The lowest BCUT2D eigenvalue weighted by Crippen LogP contribution is -2.13. The molecule has 0 saturated heterocycles. The molecule has 1 heterocycles. The van der Waals surface area contributed by atoms with Crippen molar-refractivity contribution in [1.82, 2.24) is 15.5 Å². The number of hydrogen-bond donors (Lipinski definition) is 2. The molecule has 0 amide bonds. The first-order chi connectivity index (χ1) is 10.7. The monoisotopic (exact) mass is 295 g/mol. The zero-order valence-corrected chi connectivity index (χ0v) is 12.4. The average molecular weight is 295 g/mol. The number of aryl methyl sites for hydroxylation is 1. The number of rotatable bonds is 5. The van der Waals surface area contributed by atoms with E-state index in [0.717, 1.165) is 22.4 Å². The summed E-state index contributed by atoms with van der Waals surface area (Å²) >= 11 is 0. The van der Waals surface area contributed by atoms with Gasteiger partial charge in [0.05, 0.1) is 11.9 Å². The van der Waals surface area contributed by atoms with Crippen LogP contribution in [0.15, 0.2) is 54.7 Å². The van der Waals surface area contributed by atoms with Crippen LogP contribution in [0.25, 0.3) is 11.3 Å². The second-order valence-corrected chi connectivity index (χ2v) is 5.37. The Hall–Kier alpha value is -2.46. The normalized spacial score (nSPS) is 10.8. The van der Waals surface area contributed by atoms with E-state index < -0.39 is 0 Å².